The Kier molecular flexibility index (Phi) is 4.15. The van der Waals surface area contributed by atoms with Crippen LogP contribution in [0.25, 0.3) is 21.8 Å². The van der Waals surface area contributed by atoms with Gasteiger partial charge in [-0.05, 0) is 55.7 Å². The largest absolute Gasteiger partial charge is 0.343 e. The molecule has 3 aromatic rings. The second-order valence-corrected chi connectivity index (χ2v) is 6.67. The van der Waals surface area contributed by atoms with Gasteiger partial charge in [-0.1, -0.05) is 0 Å². The summed E-state index contributed by atoms with van der Waals surface area (Å²) in [5.74, 6) is -0.415. The third kappa shape index (κ3) is 2.99. The van der Waals surface area contributed by atoms with Crippen LogP contribution >= 0.6 is 0 Å². The van der Waals surface area contributed by atoms with Crippen LogP contribution < -0.4 is 0 Å². The number of benzene rings is 2. The van der Waals surface area contributed by atoms with Crippen molar-refractivity contribution < 1.29 is 13.6 Å². The molecule has 0 atom stereocenters. The zero-order valence-electron chi connectivity index (χ0n) is 14.0. The molecule has 2 heterocycles. The molecular formula is C20H20F2N2O. The van der Waals surface area contributed by atoms with Crippen LogP contribution in [-0.4, -0.2) is 28.5 Å². The van der Waals surface area contributed by atoms with Crippen molar-refractivity contribution >= 4 is 27.7 Å². The van der Waals surface area contributed by atoms with Gasteiger partial charge in [-0.25, -0.2) is 8.78 Å². The fourth-order valence-electron chi connectivity index (χ4n) is 3.81. The van der Waals surface area contributed by atoms with Gasteiger partial charge in [0.25, 0.3) is 0 Å². The van der Waals surface area contributed by atoms with Crippen LogP contribution in [0.3, 0.4) is 0 Å². The number of carbonyl (C=O) groups excluding carboxylic acids is 1. The van der Waals surface area contributed by atoms with Gasteiger partial charge in [0, 0.05) is 47.9 Å². The van der Waals surface area contributed by atoms with Crippen molar-refractivity contribution in [3.8, 4) is 0 Å². The van der Waals surface area contributed by atoms with E-state index in [-0.39, 0.29) is 17.5 Å². The second-order valence-electron chi connectivity index (χ2n) is 6.67. The average molecular weight is 342 g/mol. The molecule has 25 heavy (non-hydrogen) atoms. The third-order valence-corrected chi connectivity index (χ3v) is 5.02. The van der Waals surface area contributed by atoms with Gasteiger partial charge >= 0.3 is 0 Å². The molecule has 0 radical (unpaired) electrons. The Morgan fingerprint density at radius 1 is 0.880 bits per heavy atom. The molecule has 1 saturated heterocycles. The van der Waals surface area contributed by atoms with Gasteiger partial charge < -0.3 is 9.47 Å². The minimum Gasteiger partial charge on any atom is -0.343 e. The Bertz CT molecular complexity index is 888. The lowest BCUT2D eigenvalue weighted by Crippen LogP contribution is -2.36. The van der Waals surface area contributed by atoms with E-state index in [0.29, 0.717) is 13.0 Å². The highest BCUT2D eigenvalue weighted by molar-refractivity contribution is 6.08. The van der Waals surface area contributed by atoms with Crippen molar-refractivity contribution in [2.75, 3.05) is 13.1 Å². The predicted octanol–water partition coefficient (Wildman–Crippen LogP) is 4.48. The van der Waals surface area contributed by atoms with E-state index >= 15 is 0 Å². The lowest BCUT2D eigenvalue weighted by atomic mass is 10.1. The molecule has 0 N–H and O–H groups in total. The van der Waals surface area contributed by atoms with Crippen LogP contribution in [0.5, 0.6) is 0 Å². The van der Waals surface area contributed by atoms with Crippen molar-refractivity contribution in [3.63, 3.8) is 0 Å². The Balaban J connectivity index is 1.64. The fraction of sp³-hybridized carbons (Fsp3) is 0.350. The molecular weight excluding hydrogens is 322 g/mol. The molecule has 4 rings (SSSR count). The number of carbonyl (C=O) groups is 1. The van der Waals surface area contributed by atoms with Crippen molar-refractivity contribution in [2.24, 2.45) is 0 Å². The first kappa shape index (κ1) is 16.1. The first-order valence-electron chi connectivity index (χ1n) is 8.78. The minimum absolute atomic E-state index is 0.234. The number of aromatic nitrogens is 1. The highest BCUT2D eigenvalue weighted by Crippen LogP contribution is 2.30. The van der Waals surface area contributed by atoms with Crippen molar-refractivity contribution in [1.29, 1.82) is 0 Å². The summed E-state index contributed by atoms with van der Waals surface area (Å²) in [4.78, 5) is 13.8. The molecule has 130 valence electrons. The average Bonchev–Trinajstić information content (AvgIpc) is 2.89. The zero-order valence-corrected chi connectivity index (χ0v) is 14.0. The highest BCUT2D eigenvalue weighted by Gasteiger charge is 2.18. The maximum atomic E-state index is 13.7. The molecule has 2 aromatic carbocycles. The van der Waals surface area contributed by atoms with E-state index in [4.69, 9.17) is 0 Å². The Morgan fingerprint density at radius 2 is 1.52 bits per heavy atom. The standard InChI is InChI=1S/C20H20F2N2O/c21-14-5-7-18-16(12-14)17-13-15(22)6-8-19(17)24(18)11-3-10-23-9-2-1-4-20(23)25/h5-8,12-13H,1-4,9-11H2. The summed E-state index contributed by atoms with van der Waals surface area (Å²) in [6, 6.07) is 9.28. The van der Waals surface area contributed by atoms with Gasteiger partial charge in [0.05, 0.1) is 0 Å². The van der Waals surface area contributed by atoms with Crippen molar-refractivity contribution in [1.82, 2.24) is 9.47 Å². The number of rotatable bonds is 4. The van der Waals surface area contributed by atoms with E-state index in [1.807, 2.05) is 4.90 Å². The van der Waals surface area contributed by atoms with E-state index in [2.05, 4.69) is 4.57 Å². The minimum atomic E-state index is -0.324. The van der Waals surface area contributed by atoms with E-state index in [0.717, 1.165) is 54.2 Å². The number of aryl methyl sites for hydroxylation is 1. The molecule has 5 heteroatoms. The summed E-state index contributed by atoms with van der Waals surface area (Å²) in [5.41, 5.74) is 1.79. The van der Waals surface area contributed by atoms with Crippen LogP contribution in [-0.2, 0) is 11.3 Å². The highest BCUT2D eigenvalue weighted by atomic mass is 19.1. The topological polar surface area (TPSA) is 25.2 Å². The van der Waals surface area contributed by atoms with Gasteiger partial charge in [0.15, 0.2) is 0 Å². The van der Waals surface area contributed by atoms with Gasteiger partial charge in [-0.15, -0.1) is 0 Å². The lowest BCUT2D eigenvalue weighted by Gasteiger charge is -2.26. The number of piperidine rings is 1. The number of likely N-dealkylation sites (tertiary alicyclic amines) is 1. The molecule has 0 aliphatic carbocycles. The Morgan fingerprint density at radius 3 is 2.12 bits per heavy atom. The SMILES string of the molecule is O=C1CCCCN1CCCn1c2ccc(F)cc2c2cc(F)ccc21. The molecule has 0 bridgehead atoms. The van der Waals surface area contributed by atoms with E-state index in [1.54, 1.807) is 12.1 Å². The van der Waals surface area contributed by atoms with Crippen LogP contribution in [0.15, 0.2) is 36.4 Å². The molecule has 0 spiro atoms. The number of nitrogens with zero attached hydrogens (tertiary/aromatic N) is 2. The molecule has 1 amide bonds. The smallest absolute Gasteiger partial charge is 0.222 e. The van der Waals surface area contributed by atoms with Crippen LogP contribution in [0.1, 0.15) is 25.7 Å². The molecule has 0 unspecified atom stereocenters. The maximum Gasteiger partial charge on any atom is 0.222 e. The van der Waals surface area contributed by atoms with Crippen molar-refractivity contribution in [3.05, 3.63) is 48.0 Å². The number of hydrogen-bond acceptors (Lipinski definition) is 1. The monoisotopic (exact) mass is 342 g/mol. The van der Waals surface area contributed by atoms with Crippen molar-refractivity contribution in [2.45, 2.75) is 32.2 Å². The van der Waals surface area contributed by atoms with Crippen LogP contribution in [0, 0.1) is 11.6 Å². The normalized spacial score (nSPS) is 15.4. The van der Waals surface area contributed by atoms with Gasteiger partial charge in [0.1, 0.15) is 11.6 Å². The number of fused-ring (bicyclic) bond motifs is 3. The molecule has 1 aromatic heterocycles. The quantitative estimate of drug-likeness (QED) is 0.686. The summed E-state index contributed by atoms with van der Waals surface area (Å²) in [5, 5.41) is 1.45. The van der Waals surface area contributed by atoms with Gasteiger partial charge in [-0.2, -0.15) is 0 Å². The van der Waals surface area contributed by atoms with E-state index in [1.165, 1.54) is 24.3 Å². The summed E-state index contributed by atoms with van der Waals surface area (Å²) >= 11 is 0. The lowest BCUT2D eigenvalue weighted by molar-refractivity contribution is -0.133. The summed E-state index contributed by atoms with van der Waals surface area (Å²) < 4.78 is 29.4. The second kappa shape index (κ2) is 6.47. The maximum absolute atomic E-state index is 13.7. The molecule has 1 fully saturated rings. The number of halogens is 2. The predicted molar refractivity (Wildman–Crippen MR) is 94.4 cm³/mol. The van der Waals surface area contributed by atoms with E-state index in [9.17, 15) is 13.6 Å². The van der Waals surface area contributed by atoms with Gasteiger partial charge in [-0.3, -0.25) is 4.79 Å². The molecule has 0 saturated carbocycles. The molecule has 3 nitrogen and oxygen atoms in total. The third-order valence-electron chi connectivity index (χ3n) is 5.02. The Labute approximate surface area is 144 Å². The number of amides is 1. The fourth-order valence-corrected chi connectivity index (χ4v) is 3.81. The number of hydrogen-bond donors (Lipinski definition) is 0. The Hall–Kier alpha value is -2.43. The van der Waals surface area contributed by atoms with Gasteiger partial charge in [0.2, 0.25) is 5.91 Å². The molecule has 1 aliphatic heterocycles. The zero-order chi connectivity index (χ0) is 17.4. The van der Waals surface area contributed by atoms with E-state index < -0.39 is 0 Å². The summed E-state index contributed by atoms with van der Waals surface area (Å²) in [6.07, 6.45) is 3.52. The van der Waals surface area contributed by atoms with Crippen LogP contribution in [0.4, 0.5) is 8.78 Å². The molecule has 1 aliphatic rings. The van der Waals surface area contributed by atoms with Crippen LogP contribution in [0.2, 0.25) is 0 Å². The first-order chi connectivity index (χ1) is 12.1. The first-order valence-corrected chi connectivity index (χ1v) is 8.78. The summed E-state index contributed by atoms with van der Waals surface area (Å²) in [7, 11) is 0. The summed E-state index contributed by atoms with van der Waals surface area (Å²) in [6.45, 7) is 2.27.